The highest BCUT2D eigenvalue weighted by Gasteiger charge is 2.07. The Balaban J connectivity index is 1.76. The maximum atomic E-state index is 11.8. The molecule has 0 saturated carbocycles. The first-order chi connectivity index (χ1) is 10.5. The fraction of sp³-hybridized carbons (Fsp3) is 0.312. The maximum Gasteiger partial charge on any atom is 0.275 e. The zero-order valence-corrected chi connectivity index (χ0v) is 12.9. The summed E-state index contributed by atoms with van der Waals surface area (Å²) in [5.41, 5.74) is 3.04. The Morgan fingerprint density at radius 1 is 1.27 bits per heavy atom. The van der Waals surface area contributed by atoms with Gasteiger partial charge in [-0.25, -0.2) is 0 Å². The van der Waals surface area contributed by atoms with Crippen LogP contribution in [0, 0.1) is 6.92 Å². The molecule has 0 amide bonds. The molecule has 0 radical (unpaired) electrons. The molecule has 0 bridgehead atoms. The Labute approximate surface area is 128 Å². The van der Waals surface area contributed by atoms with Crippen LogP contribution in [0.2, 0.25) is 0 Å². The zero-order chi connectivity index (χ0) is 15.7. The van der Waals surface area contributed by atoms with Gasteiger partial charge in [-0.3, -0.25) is 4.79 Å². The van der Waals surface area contributed by atoms with Gasteiger partial charge in [0, 0.05) is 18.3 Å². The lowest BCUT2D eigenvalue weighted by Crippen LogP contribution is -2.14. The molecule has 22 heavy (non-hydrogen) atoms. The van der Waals surface area contributed by atoms with Gasteiger partial charge in [-0.1, -0.05) is 38.1 Å². The largest absolute Gasteiger partial charge is 0.349 e. The lowest BCUT2D eigenvalue weighted by molar-refractivity contribution is 0.864. The van der Waals surface area contributed by atoms with Crippen LogP contribution in [0.25, 0.3) is 5.78 Å². The maximum absolute atomic E-state index is 11.8. The molecule has 6 heteroatoms. The fourth-order valence-electron chi connectivity index (χ4n) is 2.28. The molecule has 3 rings (SSSR count). The van der Waals surface area contributed by atoms with E-state index in [1.807, 2.05) is 6.92 Å². The Bertz CT molecular complexity index is 845. The minimum atomic E-state index is -0.187. The van der Waals surface area contributed by atoms with Gasteiger partial charge in [0.05, 0.1) is 0 Å². The number of rotatable bonds is 4. The predicted molar refractivity (Wildman–Crippen MR) is 86.2 cm³/mol. The summed E-state index contributed by atoms with van der Waals surface area (Å²) in [6, 6.07) is 9.94. The number of hydrogen-bond donors (Lipinski definition) is 2. The molecule has 0 aliphatic rings. The molecule has 1 aromatic carbocycles. The zero-order valence-electron chi connectivity index (χ0n) is 12.9. The monoisotopic (exact) mass is 297 g/mol. The van der Waals surface area contributed by atoms with Crippen LogP contribution in [0.5, 0.6) is 0 Å². The average molecular weight is 297 g/mol. The molecule has 2 heterocycles. The Hall–Kier alpha value is -2.63. The van der Waals surface area contributed by atoms with Crippen LogP contribution in [0.4, 0.5) is 5.95 Å². The SMILES string of the molecule is Cc1cc(=O)n2nc(NCc3ccc(C(C)C)cc3)nc2[nH]1. The van der Waals surface area contributed by atoms with Crippen LogP contribution in [-0.2, 0) is 6.54 Å². The Morgan fingerprint density at radius 2 is 2.00 bits per heavy atom. The number of H-pyrrole nitrogens is 1. The minimum Gasteiger partial charge on any atom is -0.349 e. The number of benzene rings is 1. The molecule has 0 aliphatic carbocycles. The van der Waals surface area contributed by atoms with E-state index in [9.17, 15) is 4.79 Å². The third kappa shape index (κ3) is 2.86. The van der Waals surface area contributed by atoms with Gasteiger partial charge in [-0.2, -0.15) is 9.50 Å². The number of hydrogen-bond acceptors (Lipinski definition) is 4. The summed E-state index contributed by atoms with van der Waals surface area (Å²) in [5, 5.41) is 7.31. The minimum absolute atomic E-state index is 0.187. The first-order valence-electron chi connectivity index (χ1n) is 7.32. The van der Waals surface area contributed by atoms with Crippen molar-refractivity contribution < 1.29 is 0 Å². The summed E-state index contributed by atoms with van der Waals surface area (Å²) in [7, 11) is 0. The van der Waals surface area contributed by atoms with Crippen molar-refractivity contribution in [2.75, 3.05) is 5.32 Å². The van der Waals surface area contributed by atoms with Gasteiger partial charge in [0.15, 0.2) is 0 Å². The first-order valence-corrected chi connectivity index (χ1v) is 7.32. The van der Waals surface area contributed by atoms with Crippen molar-refractivity contribution in [3.63, 3.8) is 0 Å². The summed E-state index contributed by atoms with van der Waals surface area (Å²) in [6.45, 7) is 6.78. The topological polar surface area (TPSA) is 75.1 Å². The van der Waals surface area contributed by atoms with Crippen molar-refractivity contribution in [1.82, 2.24) is 19.6 Å². The number of aryl methyl sites for hydroxylation is 1. The summed E-state index contributed by atoms with van der Waals surface area (Å²) in [6.07, 6.45) is 0. The highest BCUT2D eigenvalue weighted by Crippen LogP contribution is 2.15. The molecule has 114 valence electrons. The second kappa shape index (κ2) is 5.63. The van der Waals surface area contributed by atoms with Crippen LogP contribution in [0.3, 0.4) is 0 Å². The number of aromatic amines is 1. The van der Waals surface area contributed by atoms with Crippen molar-refractivity contribution in [2.24, 2.45) is 0 Å². The first kappa shape index (κ1) is 14.3. The van der Waals surface area contributed by atoms with Crippen LogP contribution >= 0.6 is 0 Å². The summed E-state index contributed by atoms with van der Waals surface area (Å²) >= 11 is 0. The molecule has 2 aromatic heterocycles. The van der Waals surface area contributed by atoms with Crippen molar-refractivity contribution in [3.8, 4) is 0 Å². The molecular formula is C16H19N5O. The van der Waals surface area contributed by atoms with Gasteiger partial charge in [-0.15, -0.1) is 5.10 Å². The molecule has 0 aliphatic heterocycles. The van der Waals surface area contributed by atoms with Gasteiger partial charge < -0.3 is 10.3 Å². The molecule has 0 unspecified atom stereocenters. The standard InChI is InChI=1S/C16H19N5O/c1-10(2)13-6-4-12(5-7-13)9-17-15-19-16-18-11(3)8-14(22)21(16)20-15/h4-8,10H,9H2,1-3H3,(H2,17,18,19,20). The van der Waals surface area contributed by atoms with Crippen molar-refractivity contribution in [1.29, 1.82) is 0 Å². The normalized spacial score (nSPS) is 11.3. The Kier molecular flexibility index (Phi) is 3.66. The van der Waals surface area contributed by atoms with E-state index in [0.717, 1.165) is 11.3 Å². The van der Waals surface area contributed by atoms with Crippen molar-refractivity contribution in [3.05, 3.63) is 57.5 Å². The van der Waals surface area contributed by atoms with Crippen LogP contribution in [-0.4, -0.2) is 19.6 Å². The molecule has 0 saturated heterocycles. The van der Waals surface area contributed by atoms with E-state index in [1.165, 1.54) is 16.1 Å². The molecule has 6 nitrogen and oxygen atoms in total. The van der Waals surface area contributed by atoms with E-state index in [-0.39, 0.29) is 5.56 Å². The number of nitrogens with one attached hydrogen (secondary N) is 2. The Morgan fingerprint density at radius 3 is 2.68 bits per heavy atom. The van der Waals surface area contributed by atoms with E-state index in [0.29, 0.717) is 24.2 Å². The second-order valence-corrected chi connectivity index (χ2v) is 5.71. The summed E-state index contributed by atoms with van der Waals surface area (Å²) in [4.78, 5) is 19.1. The third-order valence-electron chi connectivity index (χ3n) is 3.56. The summed E-state index contributed by atoms with van der Waals surface area (Å²) in [5.74, 6) is 1.41. The molecule has 0 spiro atoms. The van der Waals surface area contributed by atoms with E-state index >= 15 is 0 Å². The number of nitrogens with zero attached hydrogens (tertiary/aromatic N) is 3. The molecule has 0 fully saturated rings. The smallest absolute Gasteiger partial charge is 0.275 e. The predicted octanol–water partition coefficient (Wildman–Crippen LogP) is 2.46. The average Bonchev–Trinajstić information content (AvgIpc) is 2.89. The highest BCUT2D eigenvalue weighted by atomic mass is 16.1. The fourth-order valence-corrected chi connectivity index (χ4v) is 2.28. The number of aromatic nitrogens is 4. The van der Waals surface area contributed by atoms with Gasteiger partial charge in [0.2, 0.25) is 11.7 Å². The van der Waals surface area contributed by atoms with Gasteiger partial charge in [0.25, 0.3) is 5.56 Å². The van der Waals surface area contributed by atoms with Crippen molar-refractivity contribution in [2.45, 2.75) is 33.2 Å². The van der Waals surface area contributed by atoms with E-state index in [2.05, 4.69) is 58.5 Å². The van der Waals surface area contributed by atoms with Gasteiger partial charge in [0.1, 0.15) is 0 Å². The summed E-state index contributed by atoms with van der Waals surface area (Å²) < 4.78 is 1.26. The lowest BCUT2D eigenvalue weighted by atomic mass is 10.0. The molecule has 3 aromatic rings. The van der Waals surface area contributed by atoms with Crippen LogP contribution in [0.15, 0.2) is 35.1 Å². The van der Waals surface area contributed by atoms with Crippen LogP contribution < -0.4 is 10.9 Å². The molecule has 2 N–H and O–H groups in total. The van der Waals surface area contributed by atoms with E-state index < -0.39 is 0 Å². The quantitative estimate of drug-likeness (QED) is 0.775. The van der Waals surface area contributed by atoms with Gasteiger partial charge >= 0.3 is 0 Å². The van der Waals surface area contributed by atoms with Crippen molar-refractivity contribution >= 4 is 11.7 Å². The third-order valence-corrected chi connectivity index (χ3v) is 3.56. The molecule has 0 atom stereocenters. The second-order valence-electron chi connectivity index (χ2n) is 5.71. The van der Waals surface area contributed by atoms with E-state index in [1.54, 1.807) is 0 Å². The number of fused-ring (bicyclic) bond motifs is 1. The number of anilines is 1. The van der Waals surface area contributed by atoms with E-state index in [4.69, 9.17) is 0 Å². The lowest BCUT2D eigenvalue weighted by Gasteiger charge is -2.07. The van der Waals surface area contributed by atoms with Gasteiger partial charge in [-0.05, 0) is 24.0 Å². The van der Waals surface area contributed by atoms with Crippen LogP contribution in [0.1, 0.15) is 36.6 Å². The molecular weight excluding hydrogens is 278 g/mol. The highest BCUT2D eigenvalue weighted by molar-refractivity contribution is 5.38.